The number of nitrogens with one attached hydrogen (secondary N) is 1. The largest absolute Gasteiger partial charge is 0.355 e. The first-order chi connectivity index (χ1) is 9.70. The summed E-state index contributed by atoms with van der Waals surface area (Å²) in [5, 5.41) is 7.65. The minimum atomic E-state index is 1.01. The van der Waals surface area contributed by atoms with Crippen LogP contribution in [0.25, 0.3) is 5.69 Å². The first-order valence-electron chi connectivity index (χ1n) is 6.53. The molecule has 0 amide bonds. The Hall–Kier alpha value is -2.62. The quantitative estimate of drug-likeness (QED) is 0.785. The van der Waals surface area contributed by atoms with Gasteiger partial charge in [0.05, 0.1) is 5.69 Å². The van der Waals surface area contributed by atoms with Crippen molar-refractivity contribution in [2.24, 2.45) is 0 Å². The number of rotatable bonds is 3. The Balaban J connectivity index is 1.89. The van der Waals surface area contributed by atoms with E-state index in [1.54, 1.807) is 6.20 Å². The van der Waals surface area contributed by atoms with Crippen molar-refractivity contribution in [3.05, 3.63) is 66.2 Å². The number of benzene rings is 1. The van der Waals surface area contributed by atoms with E-state index in [0.29, 0.717) is 0 Å². The van der Waals surface area contributed by atoms with Gasteiger partial charge in [-0.2, -0.15) is 5.10 Å². The van der Waals surface area contributed by atoms with Gasteiger partial charge in [0.1, 0.15) is 0 Å². The first-order valence-corrected chi connectivity index (χ1v) is 6.53. The zero-order valence-electron chi connectivity index (χ0n) is 11.5. The number of pyridine rings is 1. The summed E-state index contributed by atoms with van der Waals surface area (Å²) in [6.45, 7) is 4.00. The molecule has 2 heterocycles. The van der Waals surface area contributed by atoms with Gasteiger partial charge in [-0.05, 0) is 50.2 Å². The maximum absolute atomic E-state index is 4.38. The van der Waals surface area contributed by atoms with Gasteiger partial charge in [-0.15, -0.1) is 0 Å². The fourth-order valence-corrected chi connectivity index (χ4v) is 2.22. The van der Waals surface area contributed by atoms with Gasteiger partial charge in [0.2, 0.25) is 0 Å². The van der Waals surface area contributed by atoms with Crippen LogP contribution in [0, 0.1) is 13.8 Å². The Kier molecular flexibility index (Phi) is 3.21. The summed E-state index contributed by atoms with van der Waals surface area (Å²) in [6.07, 6.45) is 3.70. The second-order valence-corrected chi connectivity index (χ2v) is 4.76. The molecule has 4 heteroatoms. The van der Waals surface area contributed by atoms with Crippen molar-refractivity contribution < 1.29 is 0 Å². The lowest BCUT2D eigenvalue weighted by atomic mass is 10.2. The molecule has 0 unspecified atom stereocenters. The molecular formula is C16H16N4. The number of hydrogen-bond donors (Lipinski definition) is 1. The smallest absolute Gasteiger partial charge is 0.0666 e. The second kappa shape index (κ2) is 5.17. The molecule has 0 aliphatic heterocycles. The summed E-state index contributed by atoms with van der Waals surface area (Å²) in [4.78, 5) is 4.38. The molecular weight excluding hydrogens is 248 g/mol. The highest BCUT2D eigenvalue weighted by Gasteiger charge is 2.01. The topological polar surface area (TPSA) is 42.7 Å². The lowest BCUT2D eigenvalue weighted by Gasteiger charge is -2.10. The number of aryl methyl sites for hydroxylation is 2. The van der Waals surface area contributed by atoms with E-state index in [9.17, 15) is 0 Å². The van der Waals surface area contributed by atoms with Crippen molar-refractivity contribution in [2.75, 3.05) is 5.32 Å². The van der Waals surface area contributed by atoms with Crippen LogP contribution in [-0.2, 0) is 0 Å². The van der Waals surface area contributed by atoms with Crippen molar-refractivity contribution in [3.63, 3.8) is 0 Å². The molecule has 1 N–H and O–H groups in total. The van der Waals surface area contributed by atoms with Crippen LogP contribution in [0.1, 0.15) is 11.4 Å². The summed E-state index contributed by atoms with van der Waals surface area (Å²) < 4.78 is 1.84. The van der Waals surface area contributed by atoms with E-state index in [1.807, 2.05) is 61.1 Å². The zero-order chi connectivity index (χ0) is 13.9. The fourth-order valence-electron chi connectivity index (χ4n) is 2.22. The molecule has 0 atom stereocenters. The highest BCUT2D eigenvalue weighted by molar-refractivity contribution is 5.62. The summed E-state index contributed by atoms with van der Waals surface area (Å²) in [7, 11) is 0. The van der Waals surface area contributed by atoms with Gasteiger partial charge in [-0.25, -0.2) is 4.68 Å². The molecule has 1 aromatic carbocycles. The van der Waals surface area contributed by atoms with Gasteiger partial charge in [-0.1, -0.05) is 6.07 Å². The minimum Gasteiger partial charge on any atom is -0.355 e. The summed E-state index contributed by atoms with van der Waals surface area (Å²) >= 11 is 0. The molecule has 3 aromatic rings. The first kappa shape index (κ1) is 12.4. The Morgan fingerprint density at radius 2 is 1.75 bits per heavy atom. The van der Waals surface area contributed by atoms with Crippen LogP contribution in [0.2, 0.25) is 0 Å². The van der Waals surface area contributed by atoms with Crippen molar-refractivity contribution in [2.45, 2.75) is 13.8 Å². The monoisotopic (exact) mass is 264 g/mol. The molecule has 100 valence electrons. The van der Waals surface area contributed by atoms with Crippen LogP contribution in [0.15, 0.2) is 54.9 Å². The molecule has 3 rings (SSSR count). The molecule has 0 aliphatic carbocycles. The standard InChI is InChI=1S/C16H16N4/c1-12-9-15(10-13(2)18-12)19-14-5-3-6-16(11-14)20-8-4-7-17-20/h3-11H,1-2H3,(H,18,19). The van der Waals surface area contributed by atoms with Crippen LogP contribution < -0.4 is 5.32 Å². The van der Waals surface area contributed by atoms with Crippen LogP contribution in [0.3, 0.4) is 0 Å². The third kappa shape index (κ3) is 2.69. The molecule has 0 spiro atoms. The number of anilines is 2. The van der Waals surface area contributed by atoms with Gasteiger partial charge >= 0.3 is 0 Å². The molecule has 0 saturated heterocycles. The Bertz CT molecular complexity index is 697. The molecule has 0 saturated carbocycles. The predicted molar refractivity (Wildman–Crippen MR) is 80.6 cm³/mol. The number of nitrogens with zero attached hydrogens (tertiary/aromatic N) is 3. The zero-order valence-corrected chi connectivity index (χ0v) is 11.5. The third-order valence-corrected chi connectivity index (χ3v) is 2.99. The molecule has 0 radical (unpaired) electrons. The van der Waals surface area contributed by atoms with Crippen LogP contribution in [0.4, 0.5) is 11.4 Å². The third-order valence-electron chi connectivity index (χ3n) is 2.99. The summed E-state index contributed by atoms with van der Waals surface area (Å²) in [6, 6.07) is 14.1. The number of aromatic nitrogens is 3. The van der Waals surface area contributed by atoms with Crippen molar-refractivity contribution in [3.8, 4) is 5.69 Å². The fraction of sp³-hybridized carbons (Fsp3) is 0.125. The van der Waals surface area contributed by atoms with Gasteiger partial charge < -0.3 is 5.32 Å². The molecule has 20 heavy (non-hydrogen) atoms. The maximum atomic E-state index is 4.38. The second-order valence-electron chi connectivity index (χ2n) is 4.76. The summed E-state index contributed by atoms with van der Waals surface area (Å²) in [5.41, 5.74) is 5.13. The van der Waals surface area contributed by atoms with E-state index in [2.05, 4.69) is 21.5 Å². The van der Waals surface area contributed by atoms with E-state index in [-0.39, 0.29) is 0 Å². The van der Waals surface area contributed by atoms with Gasteiger partial charge in [0.25, 0.3) is 0 Å². The SMILES string of the molecule is Cc1cc(Nc2cccc(-n3cccn3)c2)cc(C)n1. The van der Waals surface area contributed by atoms with Gasteiger partial charge in [0.15, 0.2) is 0 Å². The van der Waals surface area contributed by atoms with Crippen LogP contribution in [0.5, 0.6) is 0 Å². The molecule has 4 nitrogen and oxygen atoms in total. The molecule has 2 aromatic heterocycles. The number of hydrogen-bond acceptors (Lipinski definition) is 3. The van der Waals surface area contributed by atoms with E-state index in [0.717, 1.165) is 28.5 Å². The van der Waals surface area contributed by atoms with Crippen molar-refractivity contribution in [1.29, 1.82) is 0 Å². The molecule has 0 bridgehead atoms. The highest BCUT2D eigenvalue weighted by atomic mass is 15.3. The highest BCUT2D eigenvalue weighted by Crippen LogP contribution is 2.20. The lowest BCUT2D eigenvalue weighted by molar-refractivity contribution is 0.881. The van der Waals surface area contributed by atoms with Crippen LogP contribution >= 0.6 is 0 Å². The Morgan fingerprint density at radius 3 is 2.45 bits per heavy atom. The Labute approximate surface area is 118 Å². The average Bonchev–Trinajstić information content (AvgIpc) is 2.91. The van der Waals surface area contributed by atoms with E-state index in [1.165, 1.54) is 0 Å². The minimum absolute atomic E-state index is 1.01. The molecule has 0 fully saturated rings. The Morgan fingerprint density at radius 1 is 0.950 bits per heavy atom. The summed E-state index contributed by atoms with van der Waals surface area (Å²) in [5.74, 6) is 0. The van der Waals surface area contributed by atoms with Crippen molar-refractivity contribution >= 4 is 11.4 Å². The van der Waals surface area contributed by atoms with Crippen LogP contribution in [-0.4, -0.2) is 14.8 Å². The normalized spacial score (nSPS) is 10.5. The molecule has 0 aliphatic rings. The van der Waals surface area contributed by atoms with Gasteiger partial charge in [0, 0.05) is 35.2 Å². The van der Waals surface area contributed by atoms with Gasteiger partial charge in [-0.3, -0.25) is 4.98 Å². The van der Waals surface area contributed by atoms with E-state index < -0.39 is 0 Å². The predicted octanol–water partition coefficient (Wildman–Crippen LogP) is 3.63. The lowest BCUT2D eigenvalue weighted by Crippen LogP contribution is -1.97. The average molecular weight is 264 g/mol. The van der Waals surface area contributed by atoms with E-state index >= 15 is 0 Å². The van der Waals surface area contributed by atoms with Crippen molar-refractivity contribution in [1.82, 2.24) is 14.8 Å². The van der Waals surface area contributed by atoms with E-state index in [4.69, 9.17) is 0 Å². The maximum Gasteiger partial charge on any atom is 0.0666 e.